The lowest BCUT2D eigenvalue weighted by Gasteiger charge is -2.46. The number of aromatic nitrogens is 2. The molecule has 0 spiro atoms. The summed E-state index contributed by atoms with van der Waals surface area (Å²) in [6, 6.07) is 4.22. The van der Waals surface area contributed by atoms with Gasteiger partial charge in [-0.3, -0.25) is 4.98 Å². The summed E-state index contributed by atoms with van der Waals surface area (Å²) in [6.45, 7) is 5.72. The van der Waals surface area contributed by atoms with Gasteiger partial charge in [0.15, 0.2) is 0 Å². The van der Waals surface area contributed by atoms with Gasteiger partial charge in [-0.15, -0.1) is 0 Å². The molecule has 2 aromatic heterocycles. The van der Waals surface area contributed by atoms with E-state index in [1.54, 1.807) is 6.20 Å². The molecule has 1 fully saturated rings. The zero-order valence-corrected chi connectivity index (χ0v) is 21.8. The maximum atomic E-state index is 12.6. The molecule has 0 aromatic carbocycles. The molecule has 6 heteroatoms. The number of rotatable bonds is 4. The van der Waals surface area contributed by atoms with E-state index in [0.717, 1.165) is 68.7 Å². The number of hydrogen-bond acceptors (Lipinski definition) is 4. The molecule has 2 unspecified atom stereocenters. The average Bonchev–Trinajstić information content (AvgIpc) is 2.81. The Labute approximate surface area is 213 Å². The summed E-state index contributed by atoms with van der Waals surface area (Å²) in [5, 5.41) is 4.71. The van der Waals surface area contributed by atoms with Crippen LogP contribution in [-0.2, 0) is 4.74 Å². The number of halogens is 1. The van der Waals surface area contributed by atoms with Crippen LogP contribution in [0.25, 0.3) is 10.9 Å². The van der Waals surface area contributed by atoms with Gasteiger partial charge in [0.25, 0.3) is 0 Å². The smallest absolute Gasteiger partial charge is 0.408 e. The summed E-state index contributed by atoms with van der Waals surface area (Å²) < 4.78 is 5.58. The Kier molecular flexibility index (Phi) is 6.65. The number of fused-ring (bicyclic) bond motifs is 1. The number of alkyl carbamates (subject to hydrolysis) is 1. The van der Waals surface area contributed by atoms with Crippen LogP contribution in [-0.4, -0.2) is 27.2 Å². The monoisotopic (exact) mass is 493 g/mol. The van der Waals surface area contributed by atoms with Crippen molar-refractivity contribution in [3.63, 3.8) is 0 Å². The summed E-state index contributed by atoms with van der Waals surface area (Å²) in [7, 11) is 0. The molecular weight excluding hydrogens is 458 g/mol. The lowest BCUT2D eigenvalue weighted by molar-refractivity contribution is 0.0417. The van der Waals surface area contributed by atoms with Gasteiger partial charge in [0.1, 0.15) is 10.8 Å². The van der Waals surface area contributed by atoms with Crippen LogP contribution >= 0.6 is 11.6 Å². The van der Waals surface area contributed by atoms with Crippen LogP contribution in [0, 0.1) is 0 Å². The van der Waals surface area contributed by atoms with E-state index in [2.05, 4.69) is 34.6 Å². The van der Waals surface area contributed by atoms with Crippen molar-refractivity contribution in [3.8, 4) is 0 Å². The van der Waals surface area contributed by atoms with Crippen molar-refractivity contribution in [1.29, 1.82) is 0 Å². The first-order valence-electron chi connectivity index (χ1n) is 13.0. The molecule has 2 atom stereocenters. The second-order valence-electron chi connectivity index (χ2n) is 11.4. The third kappa shape index (κ3) is 5.11. The summed E-state index contributed by atoms with van der Waals surface area (Å²) in [6.07, 6.45) is 17.8. The first kappa shape index (κ1) is 24.3. The zero-order chi connectivity index (χ0) is 24.6. The van der Waals surface area contributed by atoms with Crippen molar-refractivity contribution in [2.45, 2.75) is 102 Å². The fraction of sp³-hybridized carbons (Fsp3) is 0.552. The number of carbonyl (C=O) groups excluding carboxylic acids is 1. The Morgan fingerprint density at radius 1 is 1.17 bits per heavy atom. The van der Waals surface area contributed by atoms with Gasteiger partial charge in [-0.25, -0.2) is 9.78 Å². The van der Waals surface area contributed by atoms with Crippen LogP contribution < -0.4 is 5.32 Å². The third-order valence-electron chi connectivity index (χ3n) is 7.82. The van der Waals surface area contributed by atoms with Crippen molar-refractivity contribution in [1.82, 2.24) is 15.3 Å². The highest BCUT2D eigenvalue weighted by atomic mass is 35.5. The molecule has 1 saturated carbocycles. The Morgan fingerprint density at radius 3 is 2.63 bits per heavy atom. The molecule has 35 heavy (non-hydrogen) atoms. The first-order valence-corrected chi connectivity index (χ1v) is 13.4. The summed E-state index contributed by atoms with van der Waals surface area (Å²) in [5.74, 6) is 0.843. The number of pyridine rings is 2. The highest BCUT2D eigenvalue weighted by Crippen LogP contribution is 2.46. The van der Waals surface area contributed by atoms with E-state index in [1.807, 2.05) is 26.8 Å². The van der Waals surface area contributed by atoms with Crippen molar-refractivity contribution < 1.29 is 9.53 Å². The topological polar surface area (TPSA) is 64.1 Å². The molecule has 3 aliphatic rings. The van der Waals surface area contributed by atoms with E-state index >= 15 is 0 Å². The van der Waals surface area contributed by atoms with Crippen LogP contribution in [0.4, 0.5) is 4.79 Å². The maximum absolute atomic E-state index is 12.6. The second-order valence-corrected chi connectivity index (χ2v) is 11.7. The highest BCUT2D eigenvalue weighted by Gasteiger charge is 2.43. The van der Waals surface area contributed by atoms with Gasteiger partial charge >= 0.3 is 6.09 Å². The van der Waals surface area contributed by atoms with E-state index in [4.69, 9.17) is 21.3 Å². The molecule has 5 nitrogen and oxygen atoms in total. The predicted molar refractivity (Wildman–Crippen MR) is 141 cm³/mol. The largest absolute Gasteiger partial charge is 0.444 e. The van der Waals surface area contributed by atoms with Crippen LogP contribution in [0.3, 0.4) is 0 Å². The number of carbonyl (C=O) groups is 1. The lowest BCUT2D eigenvalue weighted by Crippen LogP contribution is -2.56. The zero-order valence-electron chi connectivity index (χ0n) is 21.1. The normalized spacial score (nSPS) is 23.9. The maximum Gasteiger partial charge on any atom is 0.408 e. The van der Waals surface area contributed by atoms with Crippen LogP contribution in [0.1, 0.15) is 102 Å². The van der Waals surface area contributed by atoms with E-state index in [1.165, 1.54) is 16.8 Å². The molecule has 2 heterocycles. The van der Waals surface area contributed by atoms with E-state index < -0.39 is 5.60 Å². The van der Waals surface area contributed by atoms with Gasteiger partial charge < -0.3 is 10.1 Å². The molecule has 0 bridgehead atoms. The van der Waals surface area contributed by atoms with Gasteiger partial charge in [0.05, 0.1) is 11.1 Å². The molecular formula is C29H36ClN3O2. The van der Waals surface area contributed by atoms with Gasteiger partial charge in [-0.05, 0) is 108 Å². The molecule has 5 rings (SSSR count). The van der Waals surface area contributed by atoms with E-state index in [9.17, 15) is 4.79 Å². The molecule has 1 amide bonds. The van der Waals surface area contributed by atoms with Crippen LogP contribution in [0.15, 0.2) is 42.1 Å². The van der Waals surface area contributed by atoms with Gasteiger partial charge in [0, 0.05) is 23.2 Å². The summed E-state index contributed by atoms with van der Waals surface area (Å²) in [4.78, 5) is 22.0. The van der Waals surface area contributed by atoms with Crippen LogP contribution in [0.5, 0.6) is 0 Å². The quantitative estimate of drug-likeness (QED) is 0.349. The Bertz CT molecular complexity index is 1180. The van der Waals surface area contributed by atoms with E-state index in [0.29, 0.717) is 17.0 Å². The minimum Gasteiger partial charge on any atom is -0.444 e. The average molecular weight is 494 g/mol. The Morgan fingerprint density at radius 2 is 2.00 bits per heavy atom. The van der Waals surface area contributed by atoms with Gasteiger partial charge in [-0.1, -0.05) is 29.8 Å². The fourth-order valence-corrected chi connectivity index (χ4v) is 6.10. The number of amides is 1. The SMILES string of the molecule is CC(C)(C)OC(=O)NC1(C2=CCC(c3nc4ccnc(Cl)c4cc3C3CC=CCC3)CC2)CCC1. The van der Waals surface area contributed by atoms with Gasteiger partial charge in [0.2, 0.25) is 0 Å². The van der Waals surface area contributed by atoms with E-state index in [-0.39, 0.29) is 11.6 Å². The molecule has 0 saturated heterocycles. The van der Waals surface area contributed by atoms with Crippen molar-refractivity contribution >= 4 is 28.6 Å². The highest BCUT2D eigenvalue weighted by molar-refractivity contribution is 6.34. The second kappa shape index (κ2) is 9.57. The standard InChI is InChI=1S/C29H36ClN3O2/c1-28(2,3)35-27(34)33-29(15-7-16-29)21-12-10-20(11-13-21)25-22(19-8-5-4-6-9-19)18-23-24(32-25)14-17-31-26(23)30/h4-5,12,14,17-20H,6-11,13,15-16H2,1-3H3,(H,33,34). The summed E-state index contributed by atoms with van der Waals surface area (Å²) >= 11 is 6.46. The minimum atomic E-state index is -0.494. The number of nitrogens with zero attached hydrogens (tertiary/aromatic N) is 2. The Balaban J connectivity index is 1.41. The number of allylic oxidation sites excluding steroid dienone is 3. The Hall–Kier alpha value is -2.40. The first-order chi connectivity index (χ1) is 16.7. The number of hydrogen-bond donors (Lipinski definition) is 1. The van der Waals surface area contributed by atoms with Gasteiger partial charge in [-0.2, -0.15) is 0 Å². The molecule has 186 valence electrons. The summed E-state index contributed by atoms with van der Waals surface area (Å²) in [5.41, 5.74) is 4.11. The van der Waals surface area contributed by atoms with Crippen molar-refractivity contribution in [3.05, 3.63) is 58.5 Å². The molecule has 0 aliphatic heterocycles. The number of nitrogens with one attached hydrogen (secondary N) is 1. The minimum absolute atomic E-state index is 0.236. The number of ether oxygens (including phenoxy) is 1. The van der Waals surface area contributed by atoms with Crippen LogP contribution in [0.2, 0.25) is 5.15 Å². The molecule has 1 N–H and O–H groups in total. The predicted octanol–water partition coefficient (Wildman–Crippen LogP) is 7.75. The fourth-order valence-electron chi connectivity index (χ4n) is 5.90. The molecule has 0 radical (unpaired) electrons. The molecule has 2 aromatic rings. The lowest BCUT2D eigenvalue weighted by atomic mass is 9.67. The third-order valence-corrected chi connectivity index (χ3v) is 8.12. The molecule has 3 aliphatic carbocycles. The van der Waals surface area contributed by atoms with Crippen molar-refractivity contribution in [2.24, 2.45) is 0 Å². The van der Waals surface area contributed by atoms with Crippen molar-refractivity contribution in [2.75, 3.05) is 0 Å².